The van der Waals surface area contributed by atoms with Crippen LogP contribution in [-0.2, 0) is 11.8 Å². The average molecular weight is 373 g/mol. The Bertz CT molecular complexity index is 741. The number of carbonyl (C=O) groups is 1. The van der Waals surface area contributed by atoms with Crippen molar-refractivity contribution in [1.29, 1.82) is 0 Å². The second-order valence-electron chi connectivity index (χ2n) is 6.07. The Morgan fingerprint density at radius 3 is 2.43 bits per heavy atom. The van der Waals surface area contributed by atoms with Crippen molar-refractivity contribution < 1.29 is 4.79 Å². The van der Waals surface area contributed by atoms with E-state index in [2.05, 4.69) is 10.3 Å². The van der Waals surface area contributed by atoms with Crippen molar-refractivity contribution in [2.75, 3.05) is 0 Å². The summed E-state index contributed by atoms with van der Waals surface area (Å²) in [6.45, 7) is 1.76. The Balaban J connectivity index is 1.92. The van der Waals surface area contributed by atoms with Crippen LogP contribution in [0.25, 0.3) is 0 Å². The molecule has 2 aromatic rings. The van der Waals surface area contributed by atoms with Gasteiger partial charge in [-0.3, -0.25) is 4.79 Å². The van der Waals surface area contributed by atoms with Crippen LogP contribution in [0.1, 0.15) is 30.8 Å². The summed E-state index contributed by atoms with van der Waals surface area (Å²) in [5.74, 6) is 0.533. The van der Waals surface area contributed by atoms with Crippen LogP contribution in [0.4, 0.5) is 0 Å². The number of alkyl halides is 2. The van der Waals surface area contributed by atoms with Crippen LogP contribution in [0.2, 0.25) is 5.02 Å². The van der Waals surface area contributed by atoms with Gasteiger partial charge in [0.05, 0.1) is 5.41 Å². The highest BCUT2D eigenvalue weighted by molar-refractivity contribution is 6.53. The van der Waals surface area contributed by atoms with Crippen LogP contribution in [0.15, 0.2) is 36.7 Å². The second kappa shape index (κ2) is 5.69. The molecule has 122 valence electrons. The third-order valence-corrected chi connectivity index (χ3v) is 5.71. The third kappa shape index (κ3) is 2.95. The van der Waals surface area contributed by atoms with Crippen LogP contribution in [-0.4, -0.2) is 19.8 Å². The number of amides is 1. The Labute approximate surface area is 149 Å². The first-order valence-electron chi connectivity index (χ1n) is 7.16. The highest BCUT2D eigenvalue weighted by Gasteiger charge is 2.68. The third-order valence-electron chi connectivity index (χ3n) is 4.35. The molecular formula is C16H16Cl3N3O. The summed E-state index contributed by atoms with van der Waals surface area (Å²) in [7, 11) is 1.88. The predicted octanol–water partition coefficient (Wildman–Crippen LogP) is 3.86. The molecule has 1 fully saturated rings. The van der Waals surface area contributed by atoms with Gasteiger partial charge in [-0.1, -0.05) is 23.7 Å². The van der Waals surface area contributed by atoms with E-state index in [9.17, 15) is 4.79 Å². The monoisotopic (exact) mass is 371 g/mol. The first-order valence-corrected chi connectivity index (χ1v) is 8.29. The maximum absolute atomic E-state index is 12.7. The van der Waals surface area contributed by atoms with Crippen LogP contribution in [0.5, 0.6) is 0 Å². The quantitative estimate of drug-likeness (QED) is 0.828. The van der Waals surface area contributed by atoms with Crippen molar-refractivity contribution in [3.05, 3.63) is 53.1 Å². The Hall–Kier alpha value is -1.23. The number of rotatable bonds is 4. The molecule has 1 amide bonds. The molecule has 1 saturated carbocycles. The van der Waals surface area contributed by atoms with Gasteiger partial charge >= 0.3 is 0 Å². The fraction of sp³-hybridized carbons (Fsp3) is 0.375. The molecule has 0 unspecified atom stereocenters. The van der Waals surface area contributed by atoms with Crippen molar-refractivity contribution in [1.82, 2.24) is 14.9 Å². The Kier molecular flexibility index (Phi) is 4.11. The topological polar surface area (TPSA) is 46.9 Å². The zero-order chi connectivity index (χ0) is 16.8. The number of nitrogens with zero attached hydrogens (tertiary/aromatic N) is 2. The summed E-state index contributed by atoms with van der Waals surface area (Å²) in [5, 5.41) is 3.65. The van der Waals surface area contributed by atoms with E-state index in [0.717, 1.165) is 11.4 Å². The summed E-state index contributed by atoms with van der Waals surface area (Å²) in [6, 6.07) is 6.90. The van der Waals surface area contributed by atoms with Gasteiger partial charge in [-0.2, -0.15) is 0 Å². The number of benzene rings is 1. The van der Waals surface area contributed by atoms with Crippen LogP contribution in [0.3, 0.4) is 0 Å². The molecular weight excluding hydrogens is 357 g/mol. The molecule has 2 atom stereocenters. The van der Waals surface area contributed by atoms with E-state index in [-0.39, 0.29) is 5.91 Å². The van der Waals surface area contributed by atoms with E-state index in [1.165, 1.54) is 0 Å². The maximum atomic E-state index is 12.7. The highest BCUT2D eigenvalue weighted by Crippen LogP contribution is 2.64. The zero-order valence-corrected chi connectivity index (χ0v) is 15.0. The molecule has 1 heterocycles. The average Bonchev–Trinajstić information content (AvgIpc) is 2.81. The maximum Gasteiger partial charge on any atom is 0.229 e. The zero-order valence-electron chi connectivity index (χ0n) is 12.7. The van der Waals surface area contributed by atoms with Crippen molar-refractivity contribution in [2.45, 2.75) is 23.7 Å². The standard InChI is InChI=1S/C16H16Cl3N3O/c1-15(9-16(15,18)19)14(23)21-12(13-20-7-8-22(13)2)10-3-5-11(17)6-4-10/h3-8,12H,9H2,1-2H3,(H,21,23)/t12-,15-/m0/s1. The molecule has 1 aliphatic rings. The molecule has 7 heteroatoms. The number of hydrogen-bond acceptors (Lipinski definition) is 2. The molecule has 0 spiro atoms. The second-order valence-corrected chi connectivity index (χ2v) is 7.99. The van der Waals surface area contributed by atoms with E-state index < -0.39 is 15.8 Å². The Morgan fingerprint density at radius 2 is 1.96 bits per heavy atom. The summed E-state index contributed by atoms with van der Waals surface area (Å²) < 4.78 is 0.854. The van der Waals surface area contributed by atoms with Gasteiger partial charge in [0.1, 0.15) is 16.2 Å². The van der Waals surface area contributed by atoms with E-state index >= 15 is 0 Å². The minimum atomic E-state index is -1.01. The van der Waals surface area contributed by atoms with Crippen LogP contribution >= 0.6 is 34.8 Å². The van der Waals surface area contributed by atoms with Gasteiger partial charge in [-0.25, -0.2) is 4.98 Å². The lowest BCUT2D eigenvalue weighted by atomic mass is 10.0. The first kappa shape index (κ1) is 16.6. The number of carbonyl (C=O) groups excluding carboxylic acids is 1. The fourth-order valence-electron chi connectivity index (χ4n) is 2.54. The SMILES string of the molecule is Cn1ccnc1[C@@H](NC(=O)[C@]1(C)CC1(Cl)Cl)c1ccc(Cl)cc1. The van der Waals surface area contributed by atoms with E-state index in [1.807, 2.05) is 29.9 Å². The summed E-state index contributed by atoms with van der Waals surface area (Å²) in [5.41, 5.74) is 0.0995. The number of aryl methyl sites for hydroxylation is 1. The van der Waals surface area contributed by atoms with E-state index in [0.29, 0.717) is 11.4 Å². The smallest absolute Gasteiger partial charge is 0.229 e. The van der Waals surface area contributed by atoms with Crippen molar-refractivity contribution in [2.24, 2.45) is 12.5 Å². The summed E-state index contributed by atoms with van der Waals surface area (Å²) in [6.07, 6.45) is 3.95. The normalized spacial score (nSPS) is 23.3. The van der Waals surface area contributed by atoms with Crippen molar-refractivity contribution >= 4 is 40.7 Å². The lowest BCUT2D eigenvalue weighted by Crippen LogP contribution is -2.37. The molecule has 1 aromatic heterocycles. The molecule has 0 radical (unpaired) electrons. The fourth-order valence-corrected chi connectivity index (χ4v) is 3.38. The molecule has 3 rings (SSSR count). The van der Waals surface area contributed by atoms with E-state index in [1.54, 1.807) is 25.3 Å². The van der Waals surface area contributed by atoms with Gasteiger partial charge in [-0.15, -0.1) is 23.2 Å². The molecule has 0 saturated heterocycles. The lowest BCUT2D eigenvalue weighted by molar-refractivity contribution is -0.126. The van der Waals surface area contributed by atoms with Crippen molar-refractivity contribution in [3.8, 4) is 0 Å². The lowest BCUT2D eigenvalue weighted by Gasteiger charge is -2.22. The Morgan fingerprint density at radius 1 is 1.35 bits per heavy atom. The highest BCUT2D eigenvalue weighted by atomic mass is 35.5. The van der Waals surface area contributed by atoms with Gasteiger partial charge in [-0.05, 0) is 31.0 Å². The predicted molar refractivity (Wildman–Crippen MR) is 91.8 cm³/mol. The number of halogens is 3. The molecule has 1 aliphatic carbocycles. The minimum absolute atomic E-state index is 0.189. The van der Waals surface area contributed by atoms with Gasteiger partial charge < -0.3 is 9.88 Å². The van der Waals surface area contributed by atoms with Gasteiger partial charge in [0.2, 0.25) is 5.91 Å². The molecule has 1 N–H and O–H groups in total. The van der Waals surface area contributed by atoms with Crippen LogP contribution in [0, 0.1) is 5.41 Å². The molecule has 23 heavy (non-hydrogen) atoms. The molecule has 4 nitrogen and oxygen atoms in total. The molecule has 0 bridgehead atoms. The van der Waals surface area contributed by atoms with Gasteiger partial charge in [0.15, 0.2) is 0 Å². The summed E-state index contributed by atoms with van der Waals surface area (Å²) >= 11 is 18.2. The largest absolute Gasteiger partial charge is 0.342 e. The van der Waals surface area contributed by atoms with Crippen LogP contribution < -0.4 is 5.32 Å². The van der Waals surface area contributed by atoms with Crippen molar-refractivity contribution in [3.63, 3.8) is 0 Å². The minimum Gasteiger partial charge on any atom is -0.342 e. The number of aromatic nitrogens is 2. The van der Waals surface area contributed by atoms with Gasteiger partial charge in [0.25, 0.3) is 0 Å². The molecule has 0 aliphatic heterocycles. The summed E-state index contributed by atoms with van der Waals surface area (Å²) in [4.78, 5) is 17.0. The molecule has 1 aromatic carbocycles. The number of imidazole rings is 1. The number of nitrogens with one attached hydrogen (secondary N) is 1. The van der Waals surface area contributed by atoms with E-state index in [4.69, 9.17) is 34.8 Å². The first-order chi connectivity index (χ1) is 10.7. The van der Waals surface area contributed by atoms with Gasteiger partial charge in [0, 0.05) is 24.5 Å². The number of hydrogen-bond donors (Lipinski definition) is 1.